The molecule has 1 amide bonds. The number of nitrogens with one attached hydrogen (secondary N) is 1. The number of sulfonamides is 1. The van der Waals surface area contributed by atoms with Gasteiger partial charge in [-0.1, -0.05) is 39.0 Å². The van der Waals surface area contributed by atoms with Gasteiger partial charge in [0.15, 0.2) is 0 Å². The first-order valence-electron chi connectivity index (χ1n) is 10.4. The Balaban J connectivity index is 1.62. The summed E-state index contributed by atoms with van der Waals surface area (Å²) in [5, 5.41) is 3.00. The number of aryl methyl sites for hydroxylation is 1. The van der Waals surface area contributed by atoms with E-state index in [9.17, 15) is 13.2 Å². The Morgan fingerprint density at radius 3 is 2.70 bits per heavy atom. The van der Waals surface area contributed by atoms with E-state index in [4.69, 9.17) is 0 Å². The van der Waals surface area contributed by atoms with Crippen molar-refractivity contribution < 1.29 is 13.2 Å². The fourth-order valence-electron chi connectivity index (χ4n) is 4.33. The molecule has 1 heterocycles. The third kappa shape index (κ3) is 5.24. The molecule has 27 heavy (non-hydrogen) atoms. The van der Waals surface area contributed by atoms with E-state index in [1.54, 1.807) is 4.31 Å². The maximum absolute atomic E-state index is 12.5. The molecule has 1 aliphatic heterocycles. The van der Waals surface area contributed by atoms with Crippen molar-refractivity contribution in [2.24, 2.45) is 5.92 Å². The van der Waals surface area contributed by atoms with Gasteiger partial charge in [0, 0.05) is 18.7 Å². The topological polar surface area (TPSA) is 66.5 Å². The van der Waals surface area contributed by atoms with E-state index in [0.29, 0.717) is 25.3 Å². The molecule has 1 aliphatic carbocycles. The van der Waals surface area contributed by atoms with Crippen LogP contribution in [0.1, 0.15) is 70.3 Å². The quantitative estimate of drug-likeness (QED) is 0.744. The van der Waals surface area contributed by atoms with Crippen LogP contribution in [0.15, 0.2) is 18.2 Å². The summed E-state index contributed by atoms with van der Waals surface area (Å²) in [5.41, 5.74) is 2.55. The van der Waals surface area contributed by atoms with Crippen molar-refractivity contribution in [1.82, 2.24) is 0 Å². The van der Waals surface area contributed by atoms with E-state index in [2.05, 4.69) is 5.32 Å². The molecular formula is C21H32N2O3S. The summed E-state index contributed by atoms with van der Waals surface area (Å²) in [7, 11) is -3.26. The number of hydrogen-bond acceptors (Lipinski definition) is 3. The summed E-state index contributed by atoms with van der Waals surface area (Å²) >= 11 is 0. The normalized spacial score (nSPS) is 18.2. The largest absolute Gasteiger partial charge is 0.326 e. The molecular weight excluding hydrogens is 360 g/mol. The summed E-state index contributed by atoms with van der Waals surface area (Å²) in [5.74, 6) is 0.934. The van der Waals surface area contributed by atoms with E-state index in [0.717, 1.165) is 36.2 Å². The molecule has 0 radical (unpaired) electrons. The molecule has 0 saturated heterocycles. The molecule has 1 aromatic rings. The third-order valence-electron chi connectivity index (χ3n) is 5.74. The second-order valence-electron chi connectivity index (χ2n) is 7.93. The van der Waals surface area contributed by atoms with Crippen molar-refractivity contribution in [2.75, 3.05) is 21.9 Å². The second-order valence-corrected chi connectivity index (χ2v) is 9.94. The van der Waals surface area contributed by atoms with Crippen molar-refractivity contribution in [2.45, 2.75) is 71.1 Å². The lowest BCUT2D eigenvalue weighted by atomic mass is 9.86. The van der Waals surface area contributed by atoms with Crippen LogP contribution in [-0.4, -0.2) is 26.6 Å². The average molecular weight is 393 g/mol. The van der Waals surface area contributed by atoms with E-state index in [1.807, 2.05) is 25.1 Å². The van der Waals surface area contributed by atoms with Crippen molar-refractivity contribution in [3.63, 3.8) is 0 Å². The number of fused-ring (bicyclic) bond motifs is 1. The van der Waals surface area contributed by atoms with E-state index < -0.39 is 10.0 Å². The number of carbonyl (C=O) groups is 1. The van der Waals surface area contributed by atoms with Gasteiger partial charge in [-0.25, -0.2) is 8.42 Å². The Morgan fingerprint density at radius 2 is 1.96 bits per heavy atom. The molecule has 0 aromatic heterocycles. The molecule has 2 aliphatic rings. The first-order chi connectivity index (χ1) is 13.0. The molecule has 6 heteroatoms. The van der Waals surface area contributed by atoms with Crippen molar-refractivity contribution in [3.05, 3.63) is 23.8 Å². The monoisotopic (exact) mass is 392 g/mol. The fourth-order valence-corrected chi connectivity index (χ4v) is 5.95. The molecule has 1 saturated carbocycles. The van der Waals surface area contributed by atoms with Gasteiger partial charge in [0.25, 0.3) is 0 Å². The van der Waals surface area contributed by atoms with E-state index >= 15 is 0 Å². The minimum absolute atomic E-state index is 0.0618. The van der Waals surface area contributed by atoms with Crippen molar-refractivity contribution in [1.29, 1.82) is 0 Å². The van der Waals surface area contributed by atoms with Crippen LogP contribution in [0.3, 0.4) is 0 Å². The number of nitrogens with zero attached hydrogens (tertiary/aromatic N) is 1. The smallest absolute Gasteiger partial charge is 0.235 e. The molecule has 5 nitrogen and oxygen atoms in total. The standard InChI is InChI=1S/C21H32N2O3S/c1-2-15-27(25,26)23-14-6-9-18-16-19(11-12-20(18)23)22-21(24)13-10-17-7-4-3-5-8-17/h11-12,16-17H,2-10,13-15H2,1H3,(H,22,24). The predicted octanol–water partition coefficient (Wildman–Crippen LogP) is 4.48. The van der Waals surface area contributed by atoms with Gasteiger partial charge < -0.3 is 5.32 Å². The fraction of sp³-hybridized carbons (Fsp3) is 0.667. The van der Waals surface area contributed by atoms with Crippen molar-refractivity contribution >= 4 is 27.3 Å². The molecule has 3 rings (SSSR count). The van der Waals surface area contributed by atoms with Gasteiger partial charge in [0.05, 0.1) is 11.4 Å². The van der Waals surface area contributed by atoms with Gasteiger partial charge >= 0.3 is 0 Å². The highest BCUT2D eigenvalue weighted by Gasteiger charge is 2.27. The Bertz CT molecular complexity index is 755. The van der Waals surface area contributed by atoms with Gasteiger partial charge in [-0.3, -0.25) is 9.10 Å². The summed E-state index contributed by atoms with van der Waals surface area (Å²) in [6, 6.07) is 5.62. The zero-order valence-electron chi connectivity index (χ0n) is 16.4. The molecule has 0 unspecified atom stereocenters. The van der Waals surface area contributed by atoms with Crippen LogP contribution in [0.2, 0.25) is 0 Å². The average Bonchev–Trinajstić information content (AvgIpc) is 2.66. The van der Waals surface area contributed by atoms with Crippen LogP contribution in [0.25, 0.3) is 0 Å². The Kier molecular flexibility index (Phi) is 6.79. The van der Waals surface area contributed by atoms with Crippen LogP contribution in [0.5, 0.6) is 0 Å². The molecule has 1 fully saturated rings. The highest BCUT2D eigenvalue weighted by atomic mass is 32.2. The molecule has 0 atom stereocenters. The van der Waals surface area contributed by atoms with Crippen LogP contribution in [0.4, 0.5) is 11.4 Å². The highest BCUT2D eigenvalue weighted by molar-refractivity contribution is 7.92. The minimum atomic E-state index is -3.26. The predicted molar refractivity (Wildman–Crippen MR) is 111 cm³/mol. The van der Waals surface area contributed by atoms with Crippen LogP contribution in [-0.2, 0) is 21.2 Å². The molecule has 0 bridgehead atoms. The van der Waals surface area contributed by atoms with Gasteiger partial charge in [-0.2, -0.15) is 0 Å². The summed E-state index contributed by atoms with van der Waals surface area (Å²) in [6.07, 6.45) is 10.3. The summed E-state index contributed by atoms with van der Waals surface area (Å²) in [4.78, 5) is 12.3. The van der Waals surface area contributed by atoms with Crippen molar-refractivity contribution in [3.8, 4) is 0 Å². The first kappa shape index (κ1) is 20.2. The number of carbonyl (C=O) groups excluding carboxylic acids is 1. The molecule has 1 aromatic carbocycles. The molecule has 1 N–H and O–H groups in total. The van der Waals surface area contributed by atoms with Crippen LogP contribution in [0, 0.1) is 5.92 Å². The number of amides is 1. The molecule has 150 valence electrons. The zero-order valence-corrected chi connectivity index (χ0v) is 17.2. The Morgan fingerprint density at radius 1 is 1.19 bits per heavy atom. The maximum atomic E-state index is 12.5. The van der Waals surface area contributed by atoms with Gasteiger partial charge in [-0.15, -0.1) is 0 Å². The van der Waals surface area contributed by atoms with Crippen LogP contribution >= 0.6 is 0 Å². The Labute approximate surface area is 163 Å². The third-order valence-corrected chi connectivity index (χ3v) is 7.72. The summed E-state index contributed by atoms with van der Waals surface area (Å²) < 4.78 is 26.6. The second kappa shape index (κ2) is 9.09. The summed E-state index contributed by atoms with van der Waals surface area (Å²) in [6.45, 7) is 2.43. The maximum Gasteiger partial charge on any atom is 0.235 e. The Hall–Kier alpha value is -1.56. The number of anilines is 2. The lowest BCUT2D eigenvalue weighted by Crippen LogP contribution is -2.37. The first-order valence-corrected chi connectivity index (χ1v) is 12.0. The van der Waals surface area contributed by atoms with Crippen LogP contribution < -0.4 is 9.62 Å². The minimum Gasteiger partial charge on any atom is -0.326 e. The van der Waals surface area contributed by atoms with Gasteiger partial charge in [-0.05, 0) is 55.4 Å². The number of hydrogen-bond donors (Lipinski definition) is 1. The van der Waals surface area contributed by atoms with E-state index in [-0.39, 0.29) is 11.7 Å². The van der Waals surface area contributed by atoms with E-state index in [1.165, 1.54) is 32.1 Å². The zero-order chi connectivity index (χ0) is 19.3. The van der Waals surface area contributed by atoms with Gasteiger partial charge in [0.2, 0.25) is 15.9 Å². The number of benzene rings is 1. The highest BCUT2D eigenvalue weighted by Crippen LogP contribution is 2.32. The number of rotatable bonds is 7. The SMILES string of the molecule is CCCS(=O)(=O)N1CCCc2cc(NC(=O)CCC3CCCCC3)ccc21. The molecule has 0 spiro atoms. The lowest BCUT2D eigenvalue weighted by molar-refractivity contribution is -0.116. The lowest BCUT2D eigenvalue weighted by Gasteiger charge is -2.30. The van der Waals surface area contributed by atoms with Gasteiger partial charge in [0.1, 0.15) is 0 Å².